The number of carboxylic acid groups (broad SMARTS) is 1. The first-order valence-corrected chi connectivity index (χ1v) is 13.9. The Kier molecular flexibility index (Phi) is 8.13. The molecule has 0 saturated carbocycles. The summed E-state index contributed by atoms with van der Waals surface area (Å²) in [6.07, 6.45) is 0.371. The minimum atomic E-state index is -3.98. The van der Waals surface area contributed by atoms with Gasteiger partial charge in [-0.05, 0) is 43.2 Å². The van der Waals surface area contributed by atoms with Crippen molar-refractivity contribution in [3.63, 3.8) is 0 Å². The normalized spacial score (nSPS) is 19.0. The fourth-order valence-electron chi connectivity index (χ4n) is 4.21. The summed E-state index contributed by atoms with van der Waals surface area (Å²) in [7, 11) is -3.98. The first-order chi connectivity index (χ1) is 17.2. The van der Waals surface area contributed by atoms with E-state index in [0.717, 1.165) is 16.0 Å². The maximum atomic E-state index is 13.6. The number of carbonyl (C=O) groups excluding carboxylic acids is 1. The van der Waals surface area contributed by atoms with Crippen LogP contribution in [0.1, 0.15) is 17.5 Å². The van der Waals surface area contributed by atoms with Crippen LogP contribution in [-0.2, 0) is 26.0 Å². The Morgan fingerprint density at radius 2 is 1.61 bits per heavy atom. The molecular formula is C27H28N2O5S2. The Morgan fingerprint density at radius 3 is 2.22 bits per heavy atom. The minimum Gasteiger partial charge on any atom is -0.480 e. The number of amides is 1. The van der Waals surface area contributed by atoms with Gasteiger partial charge < -0.3 is 10.4 Å². The van der Waals surface area contributed by atoms with Gasteiger partial charge in [-0.15, -0.1) is 11.8 Å². The first-order valence-electron chi connectivity index (χ1n) is 11.6. The van der Waals surface area contributed by atoms with Gasteiger partial charge in [-0.3, -0.25) is 4.79 Å². The van der Waals surface area contributed by atoms with Crippen molar-refractivity contribution in [3.8, 4) is 0 Å². The molecule has 0 unspecified atom stereocenters. The van der Waals surface area contributed by atoms with Crippen LogP contribution in [0.25, 0.3) is 0 Å². The molecule has 9 heteroatoms. The first kappa shape index (κ1) is 25.9. The van der Waals surface area contributed by atoms with Crippen LogP contribution in [0, 0.1) is 6.92 Å². The van der Waals surface area contributed by atoms with Crippen LogP contribution in [0.5, 0.6) is 0 Å². The van der Waals surface area contributed by atoms with E-state index in [1.807, 2.05) is 43.3 Å². The van der Waals surface area contributed by atoms with E-state index >= 15 is 0 Å². The number of carboxylic acids is 1. The molecule has 0 spiro atoms. The molecule has 4 rings (SSSR count). The highest BCUT2D eigenvalue weighted by Crippen LogP contribution is 2.36. The third kappa shape index (κ3) is 6.16. The molecule has 0 aliphatic carbocycles. The number of nitrogens with zero attached hydrogens (tertiary/aromatic N) is 1. The van der Waals surface area contributed by atoms with Gasteiger partial charge in [0, 0.05) is 23.1 Å². The van der Waals surface area contributed by atoms with Crippen molar-refractivity contribution >= 4 is 33.7 Å². The van der Waals surface area contributed by atoms with Crippen LogP contribution in [0.4, 0.5) is 0 Å². The monoisotopic (exact) mass is 524 g/mol. The Morgan fingerprint density at radius 1 is 1.00 bits per heavy atom. The molecule has 7 nitrogen and oxygen atoms in total. The second-order valence-corrected chi connectivity index (χ2v) is 12.0. The summed E-state index contributed by atoms with van der Waals surface area (Å²) in [5.41, 5.74) is 1.69. The molecule has 188 valence electrons. The van der Waals surface area contributed by atoms with Crippen LogP contribution in [0.3, 0.4) is 0 Å². The van der Waals surface area contributed by atoms with Crippen molar-refractivity contribution in [2.75, 3.05) is 6.54 Å². The number of rotatable bonds is 9. The minimum absolute atomic E-state index is 0.0987. The van der Waals surface area contributed by atoms with Gasteiger partial charge in [0.05, 0.1) is 4.90 Å². The second kappa shape index (κ2) is 11.3. The summed E-state index contributed by atoms with van der Waals surface area (Å²) < 4.78 is 28.4. The summed E-state index contributed by atoms with van der Waals surface area (Å²) in [5.74, 6) is -1.78. The molecule has 3 aromatic rings. The number of nitrogens with one attached hydrogen (secondary N) is 1. The topological polar surface area (TPSA) is 104 Å². The lowest BCUT2D eigenvalue weighted by Gasteiger charge is -2.25. The standard InChI is InChI=1S/C27H28N2O5S2/c1-19-12-14-23(15-13-19)36(33,34)29-18-22(35-21-10-6-3-7-11-21)17-25(29)26(30)28-24(27(31)32)16-20-8-4-2-5-9-20/h2-15,22,24-25H,16-18H2,1H3,(H,28,30)(H,31,32)/t22-,24-,25-/m0/s1. The molecule has 0 bridgehead atoms. The number of thioether (sulfide) groups is 1. The van der Waals surface area contributed by atoms with E-state index in [1.165, 1.54) is 28.2 Å². The van der Waals surface area contributed by atoms with Crippen LogP contribution in [0.15, 0.2) is 94.7 Å². The van der Waals surface area contributed by atoms with Gasteiger partial charge in [0.25, 0.3) is 0 Å². The Balaban J connectivity index is 1.59. The van der Waals surface area contributed by atoms with Gasteiger partial charge in [-0.25, -0.2) is 13.2 Å². The molecule has 1 saturated heterocycles. The number of aryl methyl sites for hydroxylation is 1. The number of hydrogen-bond donors (Lipinski definition) is 2. The van der Waals surface area contributed by atoms with E-state index < -0.39 is 34.0 Å². The van der Waals surface area contributed by atoms with E-state index in [9.17, 15) is 23.1 Å². The lowest BCUT2D eigenvalue weighted by Crippen LogP contribution is -2.51. The van der Waals surface area contributed by atoms with E-state index in [-0.39, 0.29) is 29.5 Å². The quantitative estimate of drug-likeness (QED) is 0.442. The predicted molar refractivity (Wildman–Crippen MR) is 139 cm³/mol. The average molecular weight is 525 g/mol. The fourth-order valence-corrected chi connectivity index (χ4v) is 7.16. The maximum Gasteiger partial charge on any atom is 0.326 e. The largest absolute Gasteiger partial charge is 0.480 e. The lowest BCUT2D eigenvalue weighted by atomic mass is 10.1. The molecule has 1 amide bonds. The van der Waals surface area contributed by atoms with Crippen LogP contribution < -0.4 is 5.32 Å². The number of carbonyl (C=O) groups is 2. The van der Waals surface area contributed by atoms with Gasteiger partial charge in [0.1, 0.15) is 12.1 Å². The average Bonchev–Trinajstić information content (AvgIpc) is 3.30. The summed E-state index contributed by atoms with van der Waals surface area (Å²) in [5, 5.41) is 12.2. The molecule has 0 aromatic heterocycles. The summed E-state index contributed by atoms with van der Waals surface area (Å²) in [4.78, 5) is 26.4. The van der Waals surface area contributed by atoms with Crippen molar-refractivity contribution in [1.29, 1.82) is 0 Å². The highest BCUT2D eigenvalue weighted by Gasteiger charge is 2.45. The van der Waals surface area contributed by atoms with Crippen LogP contribution in [0.2, 0.25) is 0 Å². The van der Waals surface area contributed by atoms with Crippen LogP contribution in [-0.4, -0.2) is 53.6 Å². The van der Waals surface area contributed by atoms with Crippen LogP contribution >= 0.6 is 11.8 Å². The predicted octanol–water partition coefficient (Wildman–Crippen LogP) is 3.73. The number of benzene rings is 3. The zero-order chi connectivity index (χ0) is 25.7. The summed E-state index contributed by atoms with van der Waals surface area (Å²) >= 11 is 1.52. The summed E-state index contributed by atoms with van der Waals surface area (Å²) in [6.45, 7) is 2.01. The third-order valence-electron chi connectivity index (χ3n) is 6.09. The molecule has 1 heterocycles. The third-order valence-corrected chi connectivity index (χ3v) is 9.20. The lowest BCUT2D eigenvalue weighted by molar-refractivity contribution is -0.142. The molecule has 1 aliphatic heterocycles. The number of sulfonamides is 1. The van der Waals surface area contributed by atoms with Crippen molar-refractivity contribution < 1.29 is 23.1 Å². The zero-order valence-corrected chi connectivity index (χ0v) is 21.4. The molecule has 36 heavy (non-hydrogen) atoms. The number of hydrogen-bond acceptors (Lipinski definition) is 5. The van der Waals surface area contributed by atoms with E-state index in [4.69, 9.17) is 0 Å². The molecule has 0 radical (unpaired) electrons. The molecule has 1 aliphatic rings. The SMILES string of the molecule is Cc1ccc(S(=O)(=O)N2C[C@@H](Sc3ccccc3)C[C@H]2C(=O)N[C@@H](Cc2ccccc2)C(=O)O)cc1. The Labute approximate surface area is 215 Å². The van der Waals surface area contributed by atoms with Crippen molar-refractivity contribution in [3.05, 3.63) is 96.1 Å². The van der Waals surface area contributed by atoms with E-state index in [1.54, 1.807) is 36.4 Å². The van der Waals surface area contributed by atoms with Crippen molar-refractivity contribution in [2.24, 2.45) is 0 Å². The van der Waals surface area contributed by atoms with Gasteiger partial charge in [0.2, 0.25) is 15.9 Å². The molecule has 2 N–H and O–H groups in total. The Bertz CT molecular complexity index is 1300. The van der Waals surface area contributed by atoms with Gasteiger partial charge in [-0.2, -0.15) is 4.31 Å². The second-order valence-electron chi connectivity index (χ2n) is 8.78. The van der Waals surface area contributed by atoms with Gasteiger partial charge >= 0.3 is 5.97 Å². The smallest absolute Gasteiger partial charge is 0.326 e. The van der Waals surface area contributed by atoms with E-state index in [0.29, 0.717) is 0 Å². The Hall–Kier alpha value is -3.14. The highest BCUT2D eigenvalue weighted by atomic mass is 32.2. The van der Waals surface area contributed by atoms with Gasteiger partial charge in [-0.1, -0.05) is 66.2 Å². The molecule has 1 fully saturated rings. The number of aliphatic carboxylic acids is 1. The highest BCUT2D eigenvalue weighted by molar-refractivity contribution is 8.00. The fraction of sp³-hybridized carbons (Fsp3) is 0.259. The van der Waals surface area contributed by atoms with Crippen molar-refractivity contribution in [1.82, 2.24) is 9.62 Å². The molecular weight excluding hydrogens is 496 g/mol. The molecule has 3 atom stereocenters. The summed E-state index contributed by atoms with van der Waals surface area (Å²) in [6, 6.07) is 22.9. The molecule has 3 aromatic carbocycles. The van der Waals surface area contributed by atoms with Crippen molar-refractivity contribution in [2.45, 2.75) is 46.9 Å². The maximum absolute atomic E-state index is 13.6. The van der Waals surface area contributed by atoms with Gasteiger partial charge in [0.15, 0.2) is 0 Å². The zero-order valence-electron chi connectivity index (χ0n) is 19.8. The van der Waals surface area contributed by atoms with E-state index in [2.05, 4.69) is 5.32 Å².